The van der Waals surface area contributed by atoms with Crippen molar-refractivity contribution in [3.8, 4) is 0 Å². The van der Waals surface area contributed by atoms with Crippen LogP contribution in [0.2, 0.25) is 0 Å². The van der Waals surface area contributed by atoms with Gasteiger partial charge < -0.3 is 15.1 Å². The van der Waals surface area contributed by atoms with Crippen molar-refractivity contribution < 1.29 is 15.0 Å². The lowest BCUT2D eigenvalue weighted by molar-refractivity contribution is -0.133. The molecule has 3 aliphatic rings. The van der Waals surface area contributed by atoms with Crippen LogP contribution in [0.15, 0.2) is 0 Å². The number of likely N-dealkylation sites (tertiary alicyclic amines) is 2. The van der Waals surface area contributed by atoms with Crippen LogP contribution in [0.3, 0.4) is 0 Å². The van der Waals surface area contributed by atoms with Crippen LogP contribution in [0.25, 0.3) is 0 Å². The van der Waals surface area contributed by atoms with Gasteiger partial charge in [-0.25, -0.2) is 0 Å². The predicted octanol–water partition coefficient (Wildman–Crippen LogP) is 1.62. The summed E-state index contributed by atoms with van der Waals surface area (Å²) >= 11 is 0. The number of rotatable bonds is 5. The van der Waals surface area contributed by atoms with Gasteiger partial charge in [0.2, 0.25) is 5.91 Å². The van der Waals surface area contributed by atoms with E-state index in [-0.39, 0.29) is 18.8 Å². The molecule has 2 aliphatic heterocycles. The van der Waals surface area contributed by atoms with Crippen LogP contribution in [-0.2, 0) is 4.79 Å². The Morgan fingerprint density at radius 3 is 2.33 bits per heavy atom. The van der Waals surface area contributed by atoms with Crippen LogP contribution in [0.4, 0.5) is 0 Å². The Kier molecular flexibility index (Phi) is 6.53. The first-order valence-electron chi connectivity index (χ1n) is 9.96. The highest BCUT2D eigenvalue weighted by Crippen LogP contribution is 2.29. The molecular weight excluding hydrogens is 304 g/mol. The zero-order valence-electron chi connectivity index (χ0n) is 14.9. The van der Waals surface area contributed by atoms with E-state index in [1.54, 1.807) is 0 Å². The minimum absolute atomic E-state index is 0.107. The number of amides is 1. The van der Waals surface area contributed by atoms with E-state index >= 15 is 0 Å². The summed E-state index contributed by atoms with van der Waals surface area (Å²) in [6, 6.07) is 0.107. The standard InChI is InChI=1S/C19H34N2O3/c22-14-17-12-18(23)7-10-21(17)13-16-5-8-20(9-6-16)19(24)11-15-3-1-2-4-15/h15-18,22-23H,1-14H2. The second-order valence-electron chi connectivity index (χ2n) is 8.19. The Bertz CT molecular complexity index is 403. The maximum Gasteiger partial charge on any atom is 0.222 e. The summed E-state index contributed by atoms with van der Waals surface area (Å²) in [6.45, 7) is 3.82. The van der Waals surface area contributed by atoms with Crippen molar-refractivity contribution in [1.82, 2.24) is 9.80 Å². The first kappa shape index (κ1) is 18.2. The van der Waals surface area contributed by atoms with Gasteiger partial charge >= 0.3 is 0 Å². The first-order valence-corrected chi connectivity index (χ1v) is 9.96. The molecule has 2 atom stereocenters. The minimum Gasteiger partial charge on any atom is -0.395 e. The molecule has 3 fully saturated rings. The van der Waals surface area contributed by atoms with Gasteiger partial charge in [0, 0.05) is 38.6 Å². The Morgan fingerprint density at radius 2 is 1.67 bits per heavy atom. The molecule has 1 saturated carbocycles. The highest BCUT2D eigenvalue weighted by molar-refractivity contribution is 5.76. The predicted molar refractivity (Wildman–Crippen MR) is 93.6 cm³/mol. The molecule has 2 heterocycles. The molecule has 5 nitrogen and oxygen atoms in total. The van der Waals surface area contributed by atoms with Crippen LogP contribution in [-0.4, -0.2) is 70.9 Å². The molecule has 2 N–H and O–H groups in total. The van der Waals surface area contributed by atoms with E-state index in [1.165, 1.54) is 25.7 Å². The SMILES string of the molecule is O=C(CC1CCCC1)N1CCC(CN2CCC(O)CC2CO)CC1. The minimum atomic E-state index is -0.256. The molecule has 0 aromatic heterocycles. The van der Waals surface area contributed by atoms with Gasteiger partial charge in [0.25, 0.3) is 0 Å². The maximum absolute atomic E-state index is 12.4. The summed E-state index contributed by atoms with van der Waals surface area (Å²) in [5, 5.41) is 19.3. The van der Waals surface area contributed by atoms with E-state index in [2.05, 4.69) is 9.80 Å². The number of hydrogen-bond donors (Lipinski definition) is 2. The van der Waals surface area contributed by atoms with Crippen LogP contribution in [0.1, 0.15) is 57.8 Å². The van der Waals surface area contributed by atoms with Crippen LogP contribution in [0.5, 0.6) is 0 Å². The monoisotopic (exact) mass is 338 g/mol. The quantitative estimate of drug-likeness (QED) is 0.800. The van der Waals surface area contributed by atoms with Crippen molar-refractivity contribution in [1.29, 1.82) is 0 Å². The third kappa shape index (κ3) is 4.70. The van der Waals surface area contributed by atoms with Crippen molar-refractivity contribution in [2.24, 2.45) is 11.8 Å². The average molecular weight is 338 g/mol. The zero-order chi connectivity index (χ0) is 16.9. The largest absolute Gasteiger partial charge is 0.395 e. The normalized spacial score (nSPS) is 30.8. The zero-order valence-corrected chi connectivity index (χ0v) is 14.9. The number of piperidine rings is 2. The topological polar surface area (TPSA) is 64.0 Å². The van der Waals surface area contributed by atoms with E-state index < -0.39 is 0 Å². The Morgan fingerprint density at radius 1 is 0.958 bits per heavy atom. The third-order valence-electron chi connectivity index (χ3n) is 6.42. The first-order chi connectivity index (χ1) is 11.7. The number of carbonyl (C=O) groups excluding carboxylic acids is 1. The van der Waals surface area contributed by atoms with Crippen molar-refractivity contribution in [3.05, 3.63) is 0 Å². The summed E-state index contributed by atoms with van der Waals surface area (Å²) in [6.07, 6.45) is 9.26. The van der Waals surface area contributed by atoms with Crippen molar-refractivity contribution in [2.45, 2.75) is 69.9 Å². The summed E-state index contributed by atoms with van der Waals surface area (Å²) < 4.78 is 0. The van der Waals surface area contributed by atoms with Crippen molar-refractivity contribution in [2.75, 3.05) is 32.8 Å². The van der Waals surface area contributed by atoms with Gasteiger partial charge in [0.15, 0.2) is 0 Å². The molecule has 0 radical (unpaired) electrons. The van der Waals surface area contributed by atoms with E-state index in [0.29, 0.717) is 24.2 Å². The summed E-state index contributed by atoms with van der Waals surface area (Å²) in [4.78, 5) is 16.9. The van der Waals surface area contributed by atoms with Gasteiger partial charge in [0.1, 0.15) is 0 Å². The van der Waals surface area contributed by atoms with E-state index in [0.717, 1.165) is 51.9 Å². The van der Waals surface area contributed by atoms with Crippen molar-refractivity contribution in [3.63, 3.8) is 0 Å². The molecule has 138 valence electrons. The molecule has 0 spiro atoms. The number of aliphatic hydroxyl groups excluding tert-OH is 2. The highest BCUT2D eigenvalue weighted by Gasteiger charge is 2.31. The molecule has 0 bridgehead atoms. The fourth-order valence-corrected chi connectivity index (χ4v) is 4.80. The van der Waals surface area contributed by atoms with Gasteiger partial charge in [-0.15, -0.1) is 0 Å². The summed E-state index contributed by atoms with van der Waals surface area (Å²) in [5.41, 5.74) is 0. The van der Waals surface area contributed by atoms with Crippen LogP contribution in [0, 0.1) is 11.8 Å². The molecule has 5 heteroatoms. The average Bonchev–Trinajstić information content (AvgIpc) is 3.10. The lowest BCUT2D eigenvalue weighted by Gasteiger charge is -2.41. The lowest BCUT2D eigenvalue weighted by atomic mass is 9.92. The van der Waals surface area contributed by atoms with Gasteiger partial charge in [0.05, 0.1) is 12.7 Å². The highest BCUT2D eigenvalue weighted by atomic mass is 16.3. The Hall–Kier alpha value is -0.650. The summed E-state index contributed by atoms with van der Waals surface area (Å²) in [5.74, 6) is 1.62. The second-order valence-corrected chi connectivity index (χ2v) is 8.19. The molecule has 2 unspecified atom stereocenters. The summed E-state index contributed by atoms with van der Waals surface area (Å²) in [7, 11) is 0. The van der Waals surface area contributed by atoms with E-state index in [4.69, 9.17) is 0 Å². The smallest absolute Gasteiger partial charge is 0.222 e. The maximum atomic E-state index is 12.4. The number of carbonyl (C=O) groups is 1. The molecule has 0 aromatic rings. The van der Waals surface area contributed by atoms with E-state index in [9.17, 15) is 15.0 Å². The second kappa shape index (κ2) is 8.63. The lowest BCUT2D eigenvalue weighted by Crippen LogP contribution is -2.49. The molecule has 1 amide bonds. The van der Waals surface area contributed by atoms with Crippen molar-refractivity contribution >= 4 is 5.91 Å². The molecule has 0 aromatic carbocycles. The van der Waals surface area contributed by atoms with Crippen LogP contribution < -0.4 is 0 Å². The Labute approximate surface area is 146 Å². The molecular formula is C19H34N2O3. The van der Waals surface area contributed by atoms with Gasteiger partial charge in [-0.2, -0.15) is 0 Å². The van der Waals surface area contributed by atoms with Gasteiger partial charge in [-0.3, -0.25) is 9.69 Å². The number of nitrogens with zero attached hydrogens (tertiary/aromatic N) is 2. The fourth-order valence-electron chi connectivity index (χ4n) is 4.80. The van der Waals surface area contributed by atoms with Gasteiger partial charge in [-0.1, -0.05) is 12.8 Å². The molecule has 2 saturated heterocycles. The Balaban J connectivity index is 1.40. The molecule has 3 rings (SSSR count). The number of aliphatic hydroxyl groups is 2. The third-order valence-corrected chi connectivity index (χ3v) is 6.42. The van der Waals surface area contributed by atoms with Gasteiger partial charge in [-0.05, 0) is 50.4 Å². The molecule has 24 heavy (non-hydrogen) atoms. The fraction of sp³-hybridized carbons (Fsp3) is 0.947. The number of hydrogen-bond acceptors (Lipinski definition) is 4. The van der Waals surface area contributed by atoms with Crippen LogP contribution >= 0.6 is 0 Å². The molecule has 1 aliphatic carbocycles. The van der Waals surface area contributed by atoms with E-state index in [1.807, 2.05) is 0 Å².